The van der Waals surface area contributed by atoms with Crippen LogP contribution in [0.4, 0.5) is 0 Å². The van der Waals surface area contributed by atoms with Crippen molar-refractivity contribution in [2.45, 2.75) is 67.0 Å². The Bertz CT molecular complexity index is 530. The van der Waals surface area contributed by atoms with Gasteiger partial charge in [0, 0.05) is 0 Å². The van der Waals surface area contributed by atoms with E-state index in [1.807, 2.05) is 18.2 Å². The number of rotatable bonds is 7. The average Bonchev–Trinajstić information content (AvgIpc) is 2.97. The van der Waals surface area contributed by atoms with Crippen LogP contribution < -0.4 is 0 Å². The van der Waals surface area contributed by atoms with Gasteiger partial charge in [-0.15, -0.1) is 0 Å². The van der Waals surface area contributed by atoms with Crippen molar-refractivity contribution in [3.05, 3.63) is 35.9 Å². The van der Waals surface area contributed by atoms with Crippen molar-refractivity contribution in [3.8, 4) is 0 Å². The number of carbonyl (C=O) groups is 1. The molecule has 3 atom stereocenters. The summed E-state index contributed by atoms with van der Waals surface area (Å²) in [7, 11) is 1.54. The molecule has 24 heavy (non-hydrogen) atoms. The summed E-state index contributed by atoms with van der Waals surface area (Å²) in [6.45, 7) is 9.55. The second-order valence-corrected chi connectivity index (χ2v) is 19.5. The third kappa shape index (κ3) is 3.59. The summed E-state index contributed by atoms with van der Waals surface area (Å²) in [5.41, 5.74) is 0.720. The summed E-state index contributed by atoms with van der Waals surface area (Å²) >= 11 is -1.75. The van der Waals surface area contributed by atoms with Crippen LogP contribution in [0.15, 0.2) is 30.3 Å². The van der Waals surface area contributed by atoms with Crippen LogP contribution in [-0.2, 0) is 14.9 Å². The molecule has 0 bridgehead atoms. The normalized spacial score (nSPS) is 27.2. The number of hydrogen-bond acceptors (Lipinski definition) is 2. The van der Waals surface area contributed by atoms with E-state index in [0.29, 0.717) is 11.8 Å². The molecule has 1 aliphatic rings. The molecular formula is C21H34GeO2. The first-order chi connectivity index (χ1) is 11.5. The summed E-state index contributed by atoms with van der Waals surface area (Å²) < 4.78 is 5.27. The van der Waals surface area contributed by atoms with Gasteiger partial charge in [-0.25, -0.2) is 0 Å². The van der Waals surface area contributed by atoms with E-state index in [1.54, 1.807) is 0 Å². The molecule has 0 heterocycles. The van der Waals surface area contributed by atoms with E-state index in [4.69, 9.17) is 4.74 Å². The van der Waals surface area contributed by atoms with Crippen molar-refractivity contribution < 1.29 is 9.53 Å². The molecule has 0 saturated heterocycles. The van der Waals surface area contributed by atoms with E-state index >= 15 is 0 Å². The average molecular weight is 391 g/mol. The molecular weight excluding hydrogens is 357 g/mol. The summed E-state index contributed by atoms with van der Waals surface area (Å²) in [6.07, 6.45) is 1.90. The summed E-state index contributed by atoms with van der Waals surface area (Å²) in [5, 5.41) is 5.64. The van der Waals surface area contributed by atoms with E-state index in [2.05, 4.69) is 39.8 Å². The summed E-state index contributed by atoms with van der Waals surface area (Å²) in [6, 6.07) is 10.3. The van der Waals surface area contributed by atoms with E-state index in [9.17, 15) is 4.79 Å². The molecule has 1 aliphatic carbocycles. The van der Waals surface area contributed by atoms with E-state index < -0.39 is 18.7 Å². The number of methoxy groups -OCH3 is 1. The molecule has 1 unspecified atom stereocenters. The first-order valence-electron chi connectivity index (χ1n) is 9.61. The number of ether oxygens (including phenoxy) is 1. The molecule has 1 fully saturated rings. The second kappa shape index (κ2) is 8.07. The standard InChI is InChI=1S/C21H34GeO2/c1-6-22(7-2,8-3)16-18-15-21(14-17(18)4,20(23)24-5)19-12-10-9-11-13-19/h9-13,17-18H,6-8,14-16H2,1-5H3/t17-,18+,21?/m1/s1. The quantitative estimate of drug-likeness (QED) is 0.444. The van der Waals surface area contributed by atoms with E-state index in [-0.39, 0.29) is 5.97 Å². The van der Waals surface area contributed by atoms with Crippen LogP contribution in [0.1, 0.15) is 46.1 Å². The first-order valence-corrected chi connectivity index (χ1v) is 15.5. The van der Waals surface area contributed by atoms with Crippen molar-refractivity contribution >= 4 is 19.2 Å². The molecule has 0 aliphatic heterocycles. The van der Waals surface area contributed by atoms with Gasteiger partial charge in [-0.05, 0) is 0 Å². The van der Waals surface area contributed by atoms with Gasteiger partial charge in [0.1, 0.15) is 0 Å². The number of hydrogen-bond donors (Lipinski definition) is 0. The number of benzene rings is 1. The molecule has 1 saturated carbocycles. The maximum absolute atomic E-state index is 12.8. The van der Waals surface area contributed by atoms with Crippen LogP contribution >= 0.6 is 0 Å². The monoisotopic (exact) mass is 392 g/mol. The van der Waals surface area contributed by atoms with Crippen LogP contribution in [-0.4, -0.2) is 26.3 Å². The van der Waals surface area contributed by atoms with Crippen molar-refractivity contribution in [1.29, 1.82) is 0 Å². The molecule has 1 aromatic rings. The van der Waals surface area contributed by atoms with Gasteiger partial charge in [-0.2, -0.15) is 0 Å². The zero-order chi connectivity index (χ0) is 17.8. The fraction of sp³-hybridized carbons (Fsp3) is 0.667. The Hall–Kier alpha value is -0.767. The van der Waals surface area contributed by atoms with Gasteiger partial charge in [0.25, 0.3) is 0 Å². The minimum absolute atomic E-state index is 0.0364. The third-order valence-corrected chi connectivity index (χ3v) is 19.3. The molecule has 1 aromatic carbocycles. The zero-order valence-electron chi connectivity index (χ0n) is 16.1. The van der Waals surface area contributed by atoms with Gasteiger partial charge in [0.05, 0.1) is 0 Å². The fourth-order valence-electron chi connectivity index (χ4n) is 4.93. The summed E-state index contributed by atoms with van der Waals surface area (Å²) in [5.74, 6) is 1.23. The molecule has 0 radical (unpaired) electrons. The SMILES string of the molecule is C[CH2][Ge]([CH2]C)([CH2]C)[CH2][C@@H]1CC(C(=O)OC)(c2ccccc2)C[C@H]1C. The maximum atomic E-state index is 12.8. The molecule has 0 N–H and O–H groups in total. The topological polar surface area (TPSA) is 26.3 Å². The Kier molecular flexibility index (Phi) is 6.58. The Morgan fingerprint density at radius 3 is 2.21 bits per heavy atom. The van der Waals surface area contributed by atoms with Gasteiger partial charge < -0.3 is 0 Å². The van der Waals surface area contributed by atoms with Crippen molar-refractivity contribution in [2.24, 2.45) is 11.8 Å². The van der Waals surface area contributed by atoms with Gasteiger partial charge >= 0.3 is 151 Å². The van der Waals surface area contributed by atoms with Crippen molar-refractivity contribution in [3.63, 3.8) is 0 Å². The second-order valence-electron chi connectivity index (χ2n) is 7.85. The van der Waals surface area contributed by atoms with E-state index in [0.717, 1.165) is 18.4 Å². The third-order valence-electron chi connectivity index (χ3n) is 6.93. The van der Waals surface area contributed by atoms with Crippen molar-refractivity contribution in [2.75, 3.05) is 7.11 Å². The molecule has 0 spiro atoms. The Labute approximate surface area is 150 Å². The minimum atomic E-state index is -1.75. The van der Waals surface area contributed by atoms with Crippen molar-refractivity contribution in [1.82, 2.24) is 0 Å². The molecule has 2 nitrogen and oxygen atoms in total. The van der Waals surface area contributed by atoms with Crippen LogP contribution in [0.5, 0.6) is 0 Å². The van der Waals surface area contributed by atoms with Gasteiger partial charge in [-0.3, -0.25) is 0 Å². The molecule has 3 heteroatoms. The van der Waals surface area contributed by atoms with Crippen LogP contribution in [0.25, 0.3) is 0 Å². The molecule has 0 aromatic heterocycles. The zero-order valence-corrected chi connectivity index (χ0v) is 18.2. The van der Waals surface area contributed by atoms with Crippen LogP contribution in [0, 0.1) is 11.8 Å². The Morgan fingerprint density at radius 2 is 1.71 bits per heavy atom. The molecule has 134 valence electrons. The predicted octanol–water partition coefficient (Wildman–Crippen LogP) is 5.65. The van der Waals surface area contributed by atoms with Crippen LogP contribution in [0.3, 0.4) is 0 Å². The van der Waals surface area contributed by atoms with E-state index in [1.165, 1.54) is 28.1 Å². The predicted molar refractivity (Wildman–Crippen MR) is 104 cm³/mol. The van der Waals surface area contributed by atoms with Crippen LogP contribution in [0.2, 0.25) is 21.0 Å². The number of carbonyl (C=O) groups excluding carboxylic acids is 1. The van der Waals surface area contributed by atoms with Gasteiger partial charge in [0.15, 0.2) is 0 Å². The molecule has 0 amide bonds. The van der Waals surface area contributed by atoms with Gasteiger partial charge in [-0.1, -0.05) is 0 Å². The summed E-state index contributed by atoms with van der Waals surface area (Å²) in [4.78, 5) is 12.8. The fourth-order valence-corrected chi connectivity index (χ4v) is 13.4. The number of esters is 1. The first kappa shape index (κ1) is 19.6. The van der Waals surface area contributed by atoms with Gasteiger partial charge in [0.2, 0.25) is 0 Å². The Balaban J connectivity index is 2.32. The molecule has 2 rings (SSSR count). The Morgan fingerprint density at radius 1 is 1.12 bits per heavy atom.